The number of fused-ring (bicyclic) bond motifs is 1. The molecule has 0 aliphatic carbocycles. The Bertz CT molecular complexity index is 1060. The first-order valence-electron chi connectivity index (χ1n) is 9.83. The summed E-state index contributed by atoms with van der Waals surface area (Å²) in [6.07, 6.45) is 0.741. The van der Waals surface area contributed by atoms with Gasteiger partial charge in [-0.05, 0) is 30.5 Å². The van der Waals surface area contributed by atoms with Crippen molar-refractivity contribution in [2.75, 3.05) is 17.3 Å². The molecule has 0 bridgehead atoms. The van der Waals surface area contributed by atoms with Crippen molar-refractivity contribution in [2.45, 2.75) is 38.8 Å². The standard InChI is InChI=1S/C21H25Cl2N5O3/c1-6-21(7-2,18(29)30)25-19-24-17-16(26(19)4)12(3)28(20(31)27(17)5)11-13-8-9-14(22)15(23)10-13/h8-10H,3,6-7,11H2,1-2,4-5H3,(H,24,25)(H,29,30). The zero-order valence-corrected chi connectivity index (χ0v) is 19.4. The van der Waals surface area contributed by atoms with Gasteiger partial charge in [0.05, 0.1) is 22.3 Å². The molecule has 2 aromatic rings. The van der Waals surface area contributed by atoms with E-state index in [0.717, 1.165) is 5.56 Å². The first kappa shape index (κ1) is 23.0. The molecule has 10 heteroatoms. The van der Waals surface area contributed by atoms with Crippen LogP contribution in [0.3, 0.4) is 0 Å². The third-order valence-corrected chi connectivity index (χ3v) is 6.54. The maximum atomic E-state index is 13.0. The Morgan fingerprint density at radius 3 is 2.42 bits per heavy atom. The zero-order chi connectivity index (χ0) is 23.1. The molecule has 0 spiro atoms. The molecule has 0 unspecified atom stereocenters. The Morgan fingerprint density at radius 2 is 1.87 bits per heavy atom. The molecule has 1 aliphatic rings. The maximum Gasteiger partial charge on any atom is 0.330 e. The van der Waals surface area contributed by atoms with E-state index in [2.05, 4.69) is 16.9 Å². The number of rotatable bonds is 7. The highest BCUT2D eigenvalue weighted by Gasteiger charge is 2.39. The van der Waals surface area contributed by atoms with Crippen molar-refractivity contribution >= 4 is 52.7 Å². The van der Waals surface area contributed by atoms with Crippen LogP contribution < -0.4 is 10.2 Å². The quantitative estimate of drug-likeness (QED) is 0.611. The summed E-state index contributed by atoms with van der Waals surface area (Å²) in [5.74, 6) is -0.187. The molecule has 0 fully saturated rings. The van der Waals surface area contributed by atoms with Crippen molar-refractivity contribution in [1.82, 2.24) is 14.5 Å². The molecule has 0 saturated carbocycles. The highest BCUT2D eigenvalue weighted by atomic mass is 35.5. The fraction of sp³-hybridized carbons (Fsp3) is 0.381. The number of amides is 2. The third kappa shape index (κ3) is 3.85. The van der Waals surface area contributed by atoms with Gasteiger partial charge in [-0.2, -0.15) is 4.98 Å². The summed E-state index contributed by atoms with van der Waals surface area (Å²) in [7, 11) is 3.38. The number of nitrogens with zero attached hydrogens (tertiary/aromatic N) is 4. The van der Waals surface area contributed by atoms with Crippen LogP contribution in [0.4, 0.5) is 16.6 Å². The largest absolute Gasteiger partial charge is 0.480 e. The lowest BCUT2D eigenvalue weighted by molar-refractivity contribution is -0.142. The molecular weight excluding hydrogens is 441 g/mol. The van der Waals surface area contributed by atoms with Gasteiger partial charge in [0.2, 0.25) is 5.95 Å². The second-order valence-corrected chi connectivity index (χ2v) is 8.32. The molecule has 0 radical (unpaired) electrons. The fourth-order valence-corrected chi connectivity index (χ4v) is 3.97. The van der Waals surface area contributed by atoms with Crippen LogP contribution >= 0.6 is 23.2 Å². The average Bonchev–Trinajstić information content (AvgIpc) is 3.06. The van der Waals surface area contributed by atoms with E-state index < -0.39 is 11.5 Å². The molecule has 31 heavy (non-hydrogen) atoms. The van der Waals surface area contributed by atoms with E-state index in [1.165, 1.54) is 9.80 Å². The average molecular weight is 466 g/mol. The van der Waals surface area contributed by atoms with Gasteiger partial charge in [-0.3, -0.25) is 9.80 Å². The van der Waals surface area contributed by atoms with Crippen molar-refractivity contribution < 1.29 is 14.7 Å². The Labute approximate surface area is 191 Å². The van der Waals surface area contributed by atoms with E-state index in [4.69, 9.17) is 23.2 Å². The predicted molar refractivity (Wildman–Crippen MR) is 123 cm³/mol. The summed E-state index contributed by atoms with van der Waals surface area (Å²) in [6.45, 7) is 7.98. The van der Waals surface area contributed by atoms with E-state index >= 15 is 0 Å². The number of benzene rings is 1. The SMILES string of the molecule is C=C1c2c(nc(NC(CC)(CC)C(=O)O)n2C)N(C)C(=O)N1Cc1ccc(Cl)c(Cl)c1. The number of hydrogen-bond donors (Lipinski definition) is 2. The second kappa shape index (κ2) is 8.43. The van der Waals surface area contributed by atoms with Crippen LogP contribution in [0.1, 0.15) is 37.9 Å². The molecular formula is C21H25Cl2N5O3. The van der Waals surface area contributed by atoms with Gasteiger partial charge in [-0.1, -0.05) is 49.7 Å². The molecule has 2 amide bonds. The lowest BCUT2D eigenvalue weighted by Crippen LogP contribution is -2.46. The molecule has 8 nitrogen and oxygen atoms in total. The molecule has 1 aromatic carbocycles. The van der Waals surface area contributed by atoms with Crippen molar-refractivity contribution in [1.29, 1.82) is 0 Å². The number of urea groups is 1. The Kier molecular flexibility index (Phi) is 6.25. The molecule has 166 valence electrons. The minimum atomic E-state index is -1.16. The summed E-state index contributed by atoms with van der Waals surface area (Å²) >= 11 is 12.1. The van der Waals surface area contributed by atoms with Crippen LogP contribution in [-0.4, -0.2) is 44.1 Å². The van der Waals surface area contributed by atoms with Gasteiger partial charge in [0.1, 0.15) is 11.2 Å². The predicted octanol–water partition coefficient (Wildman–Crippen LogP) is 4.82. The number of carboxylic acid groups (broad SMARTS) is 1. The van der Waals surface area contributed by atoms with Crippen LogP contribution in [0.15, 0.2) is 24.8 Å². The van der Waals surface area contributed by atoms with Crippen molar-refractivity contribution in [3.05, 3.63) is 46.1 Å². The highest BCUT2D eigenvalue weighted by molar-refractivity contribution is 6.42. The molecule has 2 heterocycles. The number of hydrogen-bond acceptors (Lipinski definition) is 4. The van der Waals surface area contributed by atoms with Crippen molar-refractivity contribution in [2.24, 2.45) is 7.05 Å². The van der Waals surface area contributed by atoms with Crippen LogP contribution in [0.2, 0.25) is 10.0 Å². The fourth-order valence-electron chi connectivity index (χ4n) is 3.65. The minimum absolute atomic E-state index is 0.245. The Hall–Kier alpha value is -2.71. The van der Waals surface area contributed by atoms with Crippen LogP contribution in [0.25, 0.3) is 5.70 Å². The first-order chi connectivity index (χ1) is 14.6. The number of anilines is 2. The van der Waals surface area contributed by atoms with Gasteiger partial charge >= 0.3 is 12.0 Å². The molecule has 3 rings (SSSR count). The maximum absolute atomic E-state index is 13.0. The second-order valence-electron chi connectivity index (χ2n) is 7.51. The van der Waals surface area contributed by atoms with Crippen LogP contribution in [0.5, 0.6) is 0 Å². The number of aromatic nitrogens is 2. The van der Waals surface area contributed by atoms with E-state index in [-0.39, 0.29) is 12.6 Å². The number of carbonyl (C=O) groups is 2. The molecule has 2 N–H and O–H groups in total. The number of imidazole rings is 1. The third-order valence-electron chi connectivity index (χ3n) is 5.80. The smallest absolute Gasteiger partial charge is 0.330 e. The van der Waals surface area contributed by atoms with E-state index in [0.29, 0.717) is 46.0 Å². The highest BCUT2D eigenvalue weighted by Crippen LogP contribution is 2.38. The molecule has 1 aliphatic heterocycles. The molecule has 0 saturated heterocycles. The van der Waals surface area contributed by atoms with E-state index in [9.17, 15) is 14.7 Å². The van der Waals surface area contributed by atoms with E-state index in [1.54, 1.807) is 50.7 Å². The van der Waals surface area contributed by atoms with Gasteiger partial charge in [-0.25, -0.2) is 9.59 Å². The molecule has 1 aromatic heterocycles. The number of halogens is 2. The van der Waals surface area contributed by atoms with Crippen LogP contribution in [0, 0.1) is 0 Å². The summed E-state index contributed by atoms with van der Waals surface area (Å²) in [5.41, 5.74) is 0.714. The van der Waals surface area contributed by atoms with Gasteiger partial charge in [-0.15, -0.1) is 0 Å². The number of carbonyl (C=O) groups excluding carboxylic acids is 1. The van der Waals surface area contributed by atoms with Crippen molar-refractivity contribution in [3.63, 3.8) is 0 Å². The van der Waals surface area contributed by atoms with Crippen molar-refractivity contribution in [3.8, 4) is 0 Å². The summed E-state index contributed by atoms with van der Waals surface area (Å²) < 4.78 is 1.73. The van der Waals surface area contributed by atoms with E-state index in [1.807, 2.05) is 0 Å². The van der Waals surface area contributed by atoms with Gasteiger partial charge in [0.25, 0.3) is 0 Å². The minimum Gasteiger partial charge on any atom is -0.480 e. The summed E-state index contributed by atoms with van der Waals surface area (Å²) in [4.78, 5) is 32.4. The summed E-state index contributed by atoms with van der Waals surface area (Å²) in [5, 5.41) is 13.7. The van der Waals surface area contributed by atoms with Gasteiger partial charge in [0, 0.05) is 14.1 Å². The number of nitrogens with one attached hydrogen (secondary N) is 1. The van der Waals surface area contributed by atoms with Gasteiger partial charge < -0.3 is 15.0 Å². The Morgan fingerprint density at radius 1 is 1.23 bits per heavy atom. The monoisotopic (exact) mass is 465 g/mol. The Balaban J connectivity index is 1.99. The lowest BCUT2D eigenvalue weighted by Gasteiger charge is -2.34. The summed E-state index contributed by atoms with van der Waals surface area (Å²) in [6, 6.07) is 4.88. The first-order valence-corrected chi connectivity index (χ1v) is 10.6. The number of carboxylic acids is 1. The normalized spacial score (nSPS) is 14.1. The molecule has 0 atom stereocenters. The van der Waals surface area contributed by atoms with Gasteiger partial charge in [0.15, 0.2) is 5.82 Å². The lowest BCUT2D eigenvalue weighted by atomic mass is 9.93. The topological polar surface area (TPSA) is 90.7 Å². The number of aliphatic carboxylic acids is 1. The van der Waals surface area contributed by atoms with Crippen LogP contribution in [-0.2, 0) is 18.4 Å². The zero-order valence-electron chi connectivity index (χ0n) is 17.9.